The summed E-state index contributed by atoms with van der Waals surface area (Å²) in [7, 11) is -3.71. The molecule has 0 atom stereocenters. The molecule has 10 nitrogen and oxygen atoms in total. The van der Waals surface area contributed by atoms with Gasteiger partial charge in [-0.15, -0.1) is 0 Å². The fourth-order valence-corrected chi connectivity index (χ4v) is 5.56. The normalized spacial score (nSPS) is 15.7. The van der Waals surface area contributed by atoms with Gasteiger partial charge in [-0.05, 0) is 37.6 Å². The molecule has 34 heavy (non-hydrogen) atoms. The minimum atomic E-state index is -3.71. The van der Waals surface area contributed by atoms with E-state index < -0.39 is 10.0 Å². The third kappa shape index (κ3) is 4.73. The lowest BCUT2D eigenvalue weighted by Gasteiger charge is -2.33. The largest absolute Gasteiger partial charge is 0.493 e. The van der Waals surface area contributed by atoms with Crippen molar-refractivity contribution in [2.75, 3.05) is 39.3 Å². The molecule has 1 N–H and O–H groups in total. The van der Waals surface area contributed by atoms with E-state index in [2.05, 4.69) is 26.8 Å². The van der Waals surface area contributed by atoms with Crippen LogP contribution in [-0.2, 0) is 16.6 Å². The van der Waals surface area contributed by atoms with Crippen molar-refractivity contribution in [2.45, 2.75) is 45.1 Å². The number of hydrogen-bond acceptors (Lipinski definition) is 7. The van der Waals surface area contributed by atoms with Crippen LogP contribution in [-0.4, -0.2) is 76.5 Å². The topological polar surface area (TPSA) is 113 Å². The molecule has 11 heteroatoms. The molecule has 3 heterocycles. The molecule has 0 spiro atoms. The number of H-pyrrole nitrogens is 1. The summed E-state index contributed by atoms with van der Waals surface area (Å²) in [4.78, 5) is 26.8. The van der Waals surface area contributed by atoms with Gasteiger partial charge in [-0.1, -0.05) is 20.8 Å². The van der Waals surface area contributed by atoms with Gasteiger partial charge in [0.15, 0.2) is 11.2 Å². The number of nitrogens with one attached hydrogen (secondary N) is 1. The molecule has 0 amide bonds. The highest BCUT2D eigenvalue weighted by Gasteiger charge is 2.29. The summed E-state index contributed by atoms with van der Waals surface area (Å²) in [5.41, 5.74) is 0.780. The first-order valence-corrected chi connectivity index (χ1v) is 13.3. The summed E-state index contributed by atoms with van der Waals surface area (Å²) in [6.07, 6.45) is 3.25. The molecule has 3 aromatic rings. The molecule has 1 saturated heterocycles. The molecule has 1 aliphatic rings. The number of aromatic nitrogens is 4. The SMILES string of the molecule is CCCOc1ccc(S(=O)(=O)N2CCN(CC)CC2)cc1-c1nc2c(ncn2CCC)c(=O)[nH]1. The van der Waals surface area contributed by atoms with E-state index in [-0.39, 0.29) is 21.8 Å². The summed E-state index contributed by atoms with van der Waals surface area (Å²) in [6.45, 7) is 10.4. The summed E-state index contributed by atoms with van der Waals surface area (Å²) in [5.74, 6) is 0.731. The monoisotopic (exact) mass is 488 g/mol. The van der Waals surface area contributed by atoms with Crippen LogP contribution >= 0.6 is 0 Å². The van der Waals surface area contributed by atoms with E-state index in [9.17, 15) is 13.2 Å². The number of piperazine rings is 1. The van der Waals surface area contributed by atoms with Crippen molar-refractivity contribution in [3.05, 3.63) is 34.9 Å². The Morgan fingerprint density at radius 1 is 1.09 bits per heavy atom. The minimum absolute atomic E-state index is 0.154. The van der Waals surface area contributed by atoms with Gasteiger partial charge in [-0.3, -0.25) is 4.79 Å². The van der Waals surface area contributed by atoms with Crippen LogP contribution in [0.5, 0.6) is 5.75 Å². The van der Waals surface area contributed by atoms with Crippen molar-refractivity contribution >= 4 is 21.2 Å². The first-order valence-electron chi connectivity index (χ1n) is 11.8. The number of hydrogen-bond donors (Lipinski definition) is 1. The number of imidazole rings is 1. The number of aryl methyl sites for hydroxylation is 1. The molecule has 184 valence electrons. The Labute approximate surface area is 199 Å². The molecule has 1 fully saturated rings. The van der Waals surface area contributed by atoms with E-state index in [0.29, 0.717) is 56.3 Å². The first-order chi connectivity index (χ1) is 16.4. The minimum Gasteiger partial charge on any atom is -0.493 e. The number of ether oxygens (including phenoxy) is 1. The van der Waals surface area contributed by atoms with Crippen LogP contribution in [0.4, 0.5) is 0 Å². The first kappa shape index (κ1) is 24.4. The third-order valence-corrected chi connectivity index (χ3v) is 7.92. The van der Waals surface area contributed by atoms with Crippen LogP contribution < -0.4 is 10.3 Å². The quantitative estimate of drug-likeness (QED) is 0.492. The van der Waals surface area contributed by atoms with Crippen LogP contribution in [0.2, 0.25) is 0 Å². The molecular formula is C23H32N6O4S. The van der Waals surface area contributed by atoms with Crippen molar-refractivity contribution in [3.8, 4) is 17.1 Å². The predicted molar refractivity (Wildman–Crippen MR) is 131 cm³/mol. The molecule has 0 radical (unpaired) electrons. The van der Waals surface area contributed by atoms with E-state index >= 15 is 0 Å². The lowest BCUT2D eigenvalue weighted by molar-refractivity contribution is 0.196. The highest BCUT2D eigenvalue weighted by molar-refractivity contribution is 7.89. The number of likely N-dealkylation sites (N-methyl/N-ethyl adjacent to an activating group) is 1. The maximum absolute atomic E-state index is 13.4. The van der Waals surface area contributed by atoms with E-state index in [1.54, 1.807) is 24.5 Å². The fourth-order valence-electron chi connectivity index (χ4n) is 4.11. The average Bonchev–Trinajstić information content (AvgIpc) is 3.26. The Hall–Kier alpha value is -2.76. The molecule has 0 unspecified atom stereocenters. The Balaban J connectivity index is 1.79. The third-order valence-electron chi connectivity index (χ3n) is 6.02. The van der Waals surface area contributed by atoms with Gasteiger partial charge in [-0.25, -0.2) is 18.4 Å². The van der Waals surface area contributed by atoms with Crippen LogP contribution in [0.3, 0.4) is 0 Å². The van der Waals surface area contributed by atoms with Crippen molar-refractivity contribution in [1.29, 1.82) is 0 Å². The van der Waals surface area contributed by atoms with Crippen molar-refractivity contribution in [2.24, 2.45) is 0 Å². The van der Waals surface area contributed by atoms with Gasteiger partial charge in [0.25, 0.3) is 5.56 Å². The Morgan fingerprint density at radius 2 is 1.85 bits per heavy atom. The smallest absolute Gasteiger partial charge is 0.279 e. The molecule has 0 bridgehead atoms. The molecular weight excluding hydrogens is 456 g/mol. The van der Waals surface area contributed by atoms with Crippen LogP contribution in [0, 0.1) is 0 Å². The highest BCUT2D eigenvalue weighted by atomic mass is 32.2. The van der Waals surface area contributed by atoms with Gasteiger partial charge in [0.05, 0.1) is 23.4 Å². The fraction of sp³-hybridized carbons (Fsp3) is 0.522. The zero-order chi connectivity index (χ0) is 24.3. The van der Waals surface area contributed by atoms with Crippen molar-refractivity contribution in [3.63, 3.8) is 0 Å². The molecule has 1 aromatic carbocycles. The Kier molecular flexibility index (Phi) is 7.34. The number of rotatable bonds is 9. The molecule has 0 aliphatic carbocycles. The number of sulfonamides is 1. The zero-order valence-corrected chi connectivity index (χ0v) is 20.8. The Bertz CT molecular complexity index is 1310. The van der Waals surface area contributed by atoms with Crippen LogP contribution in [0.15, 0.2) is 34.2 Å². The van der Waals surface area contributed by atoms with Gasteiger partial charge in [0, 0.05) is 32.7 Å². The second-order valence-corrected chi connectivity index (χ2v) is 10.3. The van der Waals surface area contributed by atoms with Gasteiger partial charge in [0.1, 0.15) is 11.6 Å². The average molecular weight is 489 g/mol. The van der Waals surface area contributed by atoms with Gasteiger partial charge < -0.3 is 19.2 Å². The van der Waals surface area contributed by atoms with Gasteiger partial charge in [-0.2, -0.15) is 4.31 Å². The van der Waals surface area contributed by atoms with Gasteiger partial charge in [0.2, 0.25) is 10.0 Å². The number of benzene rings is 1. The van der Waals surface area contributed by atoms with E-state index in [1.165, 1.54) is 4.31 Å². The molecule has 4 rings (SSSR count). The highest BCUT2D eigenvalue weighted by Crippen LogP contribution is 2.32. The number of aromatic amines is 1. The lowest BCUT2D eigenvalue weighted by Crippen LogP contribution is -2.48. The van der Waals surface area contributed by atoms with Crippen molar-refractivity contribution in [1.82, 2.24) is 28.7 Å². The molecule has 0 saturated carbocycles. The van der Waals surface area contributed by atoms with Crippen LogP contribution in [0.25, 0.3) is 22.6 Å². The van der Waals surface area contributed by atoms with Gasteiger partial charge >= 0.3 is 0 Å². The summed E-state index contributed by atoms with van der Waals surface area (Å²) in [5, 5.41) is 0. The second kappa shape index (κ2) is 10.2. The summed E-state index contributed by atoms with van der Waals surface area (Å²) in [6, 6.07) is 4.76. The summed E-state index contributed by atoms with van der Waals surface area (Å²) >= 11 is 0. The molecule has 1 aliphatic heterocycles. The van der Waals surface area contributed by atoms with E-state index in [1.807, 2.05) is 18.4 Å². The van der Waals surface area contributed by atoms with E-state index in [4.69, 9.17) is 4.74 Å². The Morgan fingerprint density at radius 3 is 2.53 bits per heavy atom. The maximum Gasteiger partial charge on any atom is 0.279 e. The summed E-state index contributed by atoms with van der Waals surface area (Å²) < 4.78 is 36.1. The predicted octanol–water partition coefficient (Wildman–Crippen LogP) is 2.31. The van der Waals surface area contributed by atoms with Crippen LogP contribution in [0.1, 0.15) is 33.6 Å². The maximum atomic E-state index is 13.4. The molecule has 2 aromatic heterocycles. The second-order valence-electron chi connectivity index (χ2n) is 8.37. The standard InChI is InChI=1S/C23H32N6O4S/c1-4-9-28-16-24-20-22(28)25-21(26-23(20)30)18-15-17(7-8-19(18)33-14-5-2)34(31,32)29-12-10-27(6-3)11-13-29/h7-8,15-16H,4-6,9-14H2,1-3H3,(H,25,26,30). The lowest BCUT2D eigenvalue weighted by atomic mass is 10.2. The van der Waals surface area contributed by atoms with E-state index in [0.717, 1.165) is 19.4 Å². The number of nitrogens with zero attached hydrogens (tertiary/aromatic N) is 5. The zero-order valence-electron chi connectivity index (χ0n) is 20.0. The van der Waals surface area contributed by atoms with Crippen molar-refractivity contribution < 1.29 is 13.2 Å². The number of fused-ring (bicyclic) bond motifs is 1.